The molecule has 1 heterocycles. The molecule has 1 nitrogen and oxygen atoms in total. The zero-order valence-electron chi connectivity index (χ0n) is 13.8. The Balaban J connectivity index is 1.59. The van der Waals surface area contributed by atoms with Gasteiger partial charge >= 0.3 is 0 Å². The summed E-state index contributed by atoms with van der Waals surface area (Å²) in [5.74, 6) is 0. The van der Waals surface area contributed by atoms with Crippen molar-refractivity contribution in [2.45, 2.75) is 52.2 Å². The quantitative estimate of drug-likeness (QED) is 0.651. The summed E-state index contributed by atoms with van der Waals surface area (Å²) in [6, 6.07) is 13.5. The van der Waals surface area contributed by atoms with Crippen LogP contribution >= 0.6 is 23.2 Å². The van der Waals surface area contributed by atoms with E-state index in [1.165, 1.54) is 22.3 Å². The van der Waals surface area contributed by atoms with Gasteiger partial charge < -0.3 is 0 Å². The fourth-order valence-corrected chi connectivity index (χ4v) is 3.58. The summed E-state index contributed by atoms with van der Waals surface area (Å²) in [4.78, 5) is 2.57. The number of hydrogen-bond acceptors (Lipinski definition) is 1. The molecule has 0 N–H and O–H groups in total. The molecule has 1 aliphatic rings. The third-order valence-corrected chi connectivity index (χ3v) is 5.62. The minimum Gasteiger partial charge on any atom is -0.292 e. The van der Waals surface area contributed by atoms with Gasteiger partial charge in [-0.05, 0) is 60.6 Å². The average molecular weight is 348 g/mol. The van der Waals surface area contributed by atoms with Gasteiger partial charge in [0, 0.05) is 19.1 Å². The summed E-state index contributed by atoms with van der Waals surface area (Å²) in [5, 5.41) is 1.28. The van der Waals surface area contributed by atoms with Crippen LogP contribution < -0.4 is 0 Å². The molecule has 0 saturated heterocycles. The van der Waals surface area contributed by atoms with E-state index in [0.29, 0.717) is 16.1 Å². The predicted octanol–water partition coefficient (Wildman–Crippen LogP) is 5.89. The van der Waals surface area contributed by atoms with Crippen molar-refractivity contribution in [1.29, 1.82) is 0 Å². The van der Waals surface area contributed by atoms with Gasteiger partial charge in [0.25, 0.3) is 0 Å². The van der Waals surface area contributed by atoms with Crippen LogP contribution in [0.25, 0.3) is 0 Å². The van der Waals surface area contributed by atoms with Crippen LogP contribution in [0.4, 0.5) is 0 Å². The lowest BCUT2D eigenvalue weighted by atomic mass is 10.1. The highest BCUT2D eigenvalue weighted by atomic mass is 35.5. The Hall–Kier alpha value is -1.02. The fourth-order valence-electron chi connectivity index (χ4n) is 3.26. The van der Waals surface area contributed by atoms with Crippen LogP contribution in [0, 0.1) is 0 Å². The van der Waals surface area contributed by atoms with Crippen molar-refractivity contribution in [3.8, 4) is 0 Å². The summed E-state index contributed by atoms with van der Waals surface area (Å²) >= 11 is 12.1. The van der Waals surface area contributed by atoms with Gasteiger partial charge in [0.05, 0.1) is 10.0 Å². The van der Waals surface area contributed by atoms with E-state index in [1.807, 2.05) is 12.1 Å². The molecule has 0 aromatic heterocycles. The molecule has 0 unspecified atom stereocenters. The van der Waals surface area contributed by atoms with Gasteiger partial charge in [-0.25, -0.2) is 0 Å². The summed E-state index contributed by atoms with van der Waals surface area (Å²) in [6.45, 7) is 6.69. The summed E-state index contributed by atoms with van der Waals surface area (Å²) in [5.41, 5.74) is 5.69. The number of hydrogen-bond donors (Lipinski definition) is 0. The Morgan fingerprint density at radius 1 is 0.957 bits per heavy atom. The molecule has 2 aromatic rings. The lowest BCUT2D eigenvalue weighted by Gasteiger charge is -2.23. The molecule has 0 bridgehead atoms. The van der Waals surface area contributed by atoms with Gasteiger partial charge in [-0.2, -0.15) is 0 Å². The number of rotatable bonds is 5. The smallest absolute Gasteiger partial charge is 0.0595 e. The maximum atomic E-state index is 6.10. The van der Waals surface area contributed by atoms with Gasteiger partial charge in [-0.1, -0.05) is 54.4 Å². The minimum atomic E-state index is 0.557. The van der Waals surface area contributed by atoms with Crippen LogP contribution in [0.15, 0.2) is 36.4 Å². The Morgan fingerprint density at radius 2 is 1.70 bits per heavy atom. The number of halogens is 2. The van der Waals surface area contributed by atoms with E-state index in [0.717, 1.165) is 32.4 Å². The van der Waals surface area contributed by atoms with Crippen molar-refractivity contribution in [1.82, 2.24) is 4.90 Å². The lowest BCUT2D eigenvalue weighted by molar-refractivity contribution is 0.203. The Bertz CT molecular complexity index is 696. The summed E-state index contributed by atoms with van der Waals surface area (Å²) in [7, 11) is 0. The molecule has 0 amide bonds. The van der Waals surface area contributed by atoms with Crippen molar-refractivity contribution in [2.24, 2.45) is 0 Å². The fraction of sp³-hybridized carbons (Fsp3) is 0.400. The van der Waals surface area contributed by atoms with E-state index >= 15 is 0 Å². The molecule has 3 rings (SSSR count). The molecule has 0 radical (unpaired) electrons. The van der Waals surface area contributed by atoms with Crippen molar-refractivity contribution < 1.29 is 0 Å². The van der Waals surface area contributed by atoms with E-state index in [9.17, 15) is 0 Å². The van der Waals surface area contributed by atoms with Crippen LogP contribution in [0.2, 0.25) is 10.0 Å². The third kappa shape index (κ3) is 3.91. The third-order valence-electron chi connectivity index (χ3n) is 4.88. The highest BCUT2D eigenvalue weighted by Crippen LogP contribution is 2.28. The topological polar surface area (TPSA) is 3.24 Å². The number of nitrogens with zero attached hydrogens (tertiary/aromatic N) is 1. The first-order chi connectivity index (χ1) is 11.1. The molecule has 0 saturated carbocycles. The highest BCUT2D eigenvalue weighted by Gasteiger charge is 2.23. The molecule has 0 spiro atoms. The molecular formula is C20H23Cl2N. The van der Waals surface area contributed by atoms with Crippen molar-refractivity contribution in [3.05, 3.63) is 68.7 Å². The van der Waals surface area contributed by atoms with E-state index in [1.54, 1.807) is 0 Å². The Labute approximate surface area is 149 Å². The second kappa shape index (κ2) is 7.25. The second-order valence-corrected chi connectivity index (χ2v) is 7.31. The number of aryl methyl sites for hydroxylation is 2. The zero-order chi connectivity index (χ0) is 16.4. The maximum Gasteiger partial charge on any atom is 0.0595 e. The van der Waals surface area contributed by atoms with Gasteiger partial charge in [0.2, 0.25) is 0 Å². The molecule has 0 aliphatic carbocycles. The van der Waals surface area contributed by atoms with Gasteiger partial charge in [0.15, 0.2) is 0 Å². The molecule has 3 heteroatoms. The van der Waals surface area contributed by atoms with Crippen LogP contribution in [-0.2, 0) is 25.9 Å². The monoisotopic (exact) mass is 347 g/mol. The molecule has 122 valence electrons. The Morgan fingerprint density at radius 3 is 2.43 bits per heavy atom. The first kappa shape index (κ1) is 16.8. The van der Waals surface area contributed by atoms with Crippen LogP contribution in [-0.4, -0.2) is 10.9 Å². The first-order valence-electron chi connectivity index (χ1n) is 8.35. The van der Waals surface area contributed by atoms with Gasteiger partial charge in [0.1, 0.15) is 0 Å². The Kier molecular flexibility index (Phi) is 5.31. The van der Waals surface area contributed by atoms with Crippen LogP contribution in [0.1, 0.15) is 42.5 Å². The molecule has 23 heavy (non-hydrogen) atoms. The molecule has 1 aliphatic heterocycles. The minimum absolute atomic E-state index is 0.557. The first-order valence-corrected chi connectivity index (χ1v) is 9.11. The normalized spacial score (nSPS) is 15.7. The largest absolute Gasteiger partial charge is 0.292 e. The van der Waals surface area contributed by atoms with Crippen LogP contribution in [0.3, 0.4) is 0 Å². The van der Waals surface area contributed by atoms with E-state index in [4.69, 9.17) is 23.2 Å². The summed E-state index contributed by atoms with van der Waals surface area (Å²) in [6.07, 6.45) is 3.28. The highest BCUT2D eigenvalue weighted by molar-refractivity contribution is 6.42. The SMILES string of the molecule is CCc1ccc2c(c1)CN([C@H](C)CCc1ccc(Cl)c(Cl)c1)C2. The van der Waals surface area contributed by atoms with Crippen molar-refractivity contribution in [2.75, 3.05) is 0 Å². The summed E-state index contributed by atoms with van der Waals surface area (Å²) < 4.78 is 0. The molecule has 1 atom stereocenters. The van der Waals surface area contributed by atoms with Crippen molar-refractivity contribution >= 4 is 23.2 Å². The zero-order valence-corrected chi connectivity index (χ0v) is 15.3. The second-order valence-electron chi connectivity index (χ2n) is 6.50. The average Bonchev–Trinajstić information content (AvgIpc) is 2.98. The number of fused-ring (bicyclic) bond motifs is 1. The van der Waals surface area contributed by atoms with E-state index in [2.05, 4.69) is 43.0 Å². The van der Waals surface area contributed by atoms with Gasteiger partial charge in [-0.15, -0.1) is 0 Å². The van der Waals surface area contributed by atoms with E-state index in [-0.39, 0.29) is 0 Å². The van der Waals surface area contributed by atoms with Gasteiger partial charge in [-0.3, -0.25) is 4.90 Å². The predicted molar refractivity (Wildman–Crippen MR) is 99.3 cm³/mol. The van der Waals surface area contributed by atoms with E-state index < -0.39 is 0 Å². The molecule has 0 fully saturated rings. The maximum absolute atomic E-state index is 6.10. The lowest BCUT2D eigenvalue weighted by Crippen LogP contribution is -2.28. The standard InChI is InChI=1S/C20H23Cl2N/c1-3-15-6-8-17-12-23(13-18(17)10-15)14(2)4-5-16-7-9-19(21)20(22)11-16/h6-11,14H,3-5,12-13H2,1-2H3/t14-/m1/s1. The molecular weight excluding hydrogens is 325 g/mol. The molecule has 2 aromatic carbocycles. The van der Waals surface area contributed by atoms with Crippen LogP contribution in [0.5, 0.6) is 0 Å². The van der Waals surface area contributed by atoms with Crippen molar-refractivity contribution in [3.63, 3.8) is 0 Å². The number of benzene rings is 2.